The Morgan fingerprint density at radius 1 is 0.812 bits per heavy atom. The highest BCUT2D eigenvalue weighted by molar-refractivity contribution is 5.80. The number of hydrogen-bond acceptors (Lipinski definition) is 7. The van der Waals surface area contributed by atoms with Crippen LogP contribution >= 0.6 is 0 Å². The van der Waals surface area contributed by atoms with Gasteiger partial charge in [0.1, 0.15) is 6.61 Å². The number of esters is 1. The van der Waals surface area contributed by atoms with Crippen LogP contribution in [0.3, 0.4) is 0 Å². The molecule has 1 heterocycles. The van der Waals surface area contributed by atoms with E-state index in [9.17, 15) is 9.59 Å². The molecule has 0 saturated carbocycles. The number of nitrogens with zero attached hydrogens (tertiary/aromatic N) is 1. The van der Waals surface area contributed by atoms with Crippen LogP contribution in [0.5, 0.6) is 0 Å². The second kappa shape index (κ2) is 15.7. The molecule has 0 aromatic heterocycles. The predicted molar refractivity (Wildman–Crippen MR) is 119 cm³/mol. The fourth-order valence-corrected chi connectivity index (χ4v) is 3.35. The molecule has 0 N–H and O–H groups in total. The van der Waals surface area contributed by atoms with Crippen molar-refractivity contribution in [2.45, 2.75) is 26.9 Å². The van der Waals surface area contributed by atoms with Crippen molar-refractivity contribution >= 4 is 11.9 Å². The first-order valence-electron chi connectivity index (χ1n) is 11.4. The summed E-state index contributed by atoms with van der Waals surface area (Å²) < 4.78 is 27.4. The van der Waals surface area contributed by atoms with Crippen LogP contribution in [0.25, 0.3) is 0 Å². The first-order chi connectivity index (χ1) is 15.6. The highest BCUT2D eigenvalue weighted by atomic mass is 16.6. The maximum Gasteiger partial charge on any atom is 0.309 e. The van der Waals surface area contributed by atoms with Crippen molar-refractivity contribution in [2.24, 2.45) is 11.8 Å². The molecule has 2 atom stereocenters. The van der Waals surface area contributed by atoms with Crippen LogP contribution in [0.15, 0.2) is 30.3 Å². The van der Waals surface area contributed by atoms with E-state index in [0.717, 1.165) is 5.56 Å². The largest absolute Gasteiger partial charge is 0.461 e. The predicted octanol–water partition coefficient (Wildman–Crippen LogP) is 2.30. The van der Waals surface area contributed by atoms with Gasteiger partial charge in [0.25, 0.3) is 0 Å². The molecule has 180 valence electrons. The first kappa shape index (κ1) is 26.3. The number of rotatable bonds is 6. The summed E-state index contributed by atoms with van der Waals surface area (Å²) in [5.41, 5.74) is 0.939. The molecular weight excluding hydrogens is 414 g/mol. The van der Waals surface area contributed by atoms with E-state index in [0.29, 0.717) is 72.4 Å². The van der Waals surface area contributed by atoms with Gasteiger partial charge in [-0.05, 0) is 12.0 Å². The second-order valence-electron chi connectivity index (χ2n) is 7.91. The van der Waals surface area contributed by atoms with Gasteiger partial charge in [-0.3, -0.25) is 9.59 Å². The van der Waals surface area contributed by atoms with Crippen molar-refractivity contribution in [1.82, 2.24) is 4.90 Å². The molecule has 0 aliphatic carbocycles. The van der Waals surface area contributed by atoms with Crippen molar-refractivity contribution in [2.75, 3.05) is 65.9 Å². The molecule has 1 saturated heterocycles. The standard InChI is InChI=1S/C24H37NO7/c1-20(18-21(2)24(27)32-19-22-6-4-3-5-7-22)23(26)25-8-10-28-12-14-30-16-17-31-15-13-29-11-9-25/h3-7,20-21H,8-19H2,1-2H3. The van der Waals surface area contributed by atoms with Crippen molar-refractivity contribution < 1.29 is 33.3 Å². The van der Waals surface area contributed by atoms with E-state index in [4.69, 9.17) is 23.7 Å². The van der Waals surface area contributed by atoms with Gasteiger partial charge in [-0.1, -0.05) is 44.2 Å². The van der Waals surface area contributed by atoms with Crippen LogP contribution in [0, 0.1) is 11.8 Å². The van der Waals surface area contributed by atoms with Crippen LogP contribution in [0.2, 0.25) is 0 Å². The van der Waals surface area contributed by atoms with E-state index in [1.165, 1.54) is 0 Å². The molecule has 0 radical (unpaired) electrons. The summed E-state index contributed by atoms with van der Waals surface area (Å²) in [7, 11) is 0. The van der Waals surface area contributed by atoms with E-state index < -0.39 is 0 Å². The van der Waals surface area contributed by atoms with Crippen molar-refractivity contribution in [3.8, 4) is 0 Å². The zero-order valence-corrected chi connectivity index (χ0v) is 19.3. The number of amides is 1. The van der Waals surface area contributed by atoms with Gasteiger partial charge in [0.15, 0.2) is 0 Å². The lowest BCUT2D eigenvalue weighted by atomic mass is 9.96. The number of benzene rings is 1. The van der Waals surface area contributed by atoms with Crippen molar-refractivity contribution in [3.63, 3.8) is 0 Å². The summed E-state index contributed by atoms with van der Waals surface area (Å²) in [6, 6.07) is 9.55. The monoisotopic (exact) mass is 451 g/mol. The summed E-state index contributed by atoms with van der Waals surface area (Å²) in [6.45, 7) is 8.65. The van der Waals surface area contributed by atoms with Crippen LogP contribution in [0.1, 0.15) is 25.8 Å². The Balaban J connectivity index is 1.80. The molecule has 8 nitrogen and oxygen atoms in total. The average Bonchev–Trinajstić information content (AvgIpc) is 2.82. The zero-order chi connectivity index (χ0) is 23.0. The first-order valence-corrected chi connectivity index (χ1v) is 11.4. The number of hydrogen-bond donors (Lipinski definition) is 0. The minimum atomic E-state index is -0.372. The molecule has 1 fully saturated rings. The Kier molecular flexibility index (Phi) is 12.9. The summed E-state index contributed by atoms with van der Waals surface area (Å²) in [6.07, 6.45) is 0.423. The molecule has 0 bridgehead atoms. The van der Waals surface area contributed by atoms with E-state index in [1.54, 1.807) is 11.8 Å². The summed E-state index contributed by atoms with van der Waals surface area (Å²) in [5.74, 6) is -1.00. The average molecular weight is 452 g/mol. The second-order valence-corrected chi connectivity index (χ2v) is 7.91. The highest BCUT2D eigenvalue weighted by Gasteiger charge is 2.25. The van der Waals surface area contributed by atoms with Crippen LogP contribution < -0.4 is 0 Å². The number of ether oxygens (including phenoxy) is 5. The highest BCUT2D eigenvalue weighted by Crippen LogP contribution is 2.17. The third-order valence-corrected chi connectivity index (χ3v) is 5.19. The Morgan fingerprint density at radius 2 is 1.31 bits per heavy atom. The fraction of sp³-hybridized carbons (Fsp3) is 0.667. The molecule has 8 heteroatoms. The van der Waals surface area contributed by atoms with Crippen molar-refractivity contribution in [3.05, 3.63) is 35.9 Å². The van der Waals surface area contributed by atoms with Crippen molar-refractivity contribution in [1.29, 1.82) is 0 Å². The summed E-state index contributed by atoms with van der Waals surface area (Å²) >= 11 is 0. The molecule has 1 aliphatic rings. The van der Waals surface area contributed by atoms with E-state index in [1.807, 2.05) is 37.3 Å². The quantitative estimate of drug-likeness (QED) is 0.614. The number of carbonyl (C=O) groups excluding carboxylic acids is 2. The van der Waals surface area contributed by atoms with Gasteiger partial charge in [0.05, 0.1) is 58.8 Å². The normalized spacial score (nSPS) is 19.2. The molecule has 0 spiro atoms. The Labute approximate surface area is 191 Å². The molecule has 1 amide bonds. The van der Waals surface area contributed by atoms with Gasteiger partial charge >= 0.3 is 5.97 Å². The van der Waals surface area contributed by atoms with E-state index in [-0.39, 0.29) is 30.3 Å². The lowest BCUT2D eigenvalue weighted by molar-refractivity contribution is -0.150. The fourth-order valence-electron chi connectivity index (χ4n) is 3.35. The Hall–Kier alpha value is -2.00. The molecule has 1 aliphatic heterocycles. The molecule has 1 aromatic rings. The van der Waals surface area contributed by atoms with Crippen LogP contribution in [-0.4, -0.2) is 82.7 Å². The van der Waals surface area contributed by atoms with Gasteiger partial charge in [0.2, 0.25) is 5.91 Å². The van der Waals surface area contributed by atoms with Gasteiger partial charge in [-0.25, -0.2) is 0 Å². The Bertz CT molecular complexity index is 639. The smallest absolute Gasteiger partial charge is 0.309 e. The third-order valence-electron chi connectivity index (χ3n) is 5.19. The maximum atomic E-state index is 13.0. The minimum absolute atomic E-state index is 0.0169. The van der Waals surface area contributed by atoms with Crippen LogP contribution in [0.4, 0.5) is 0 Å². The molecular formula is C24H37NO7. The van der Waals surface area contributed by atoms with E-state index >= 15 is 0 Å². The minimum Gasteiger partial charge on any atom is -0.461 e. The number of carbonyl (C=O) groups is 2. The van der Waals surface area contributed by atoms with E-state index in [2.05, 4.69) is 0 Å². The molecule has 2 unspecified atom stereocenters. The Morgan fingerprint density at radius 3 is 1.84 bits per heavy atom. The maximum absolute atomic E-state index is 13.0. The molecule has 1 aromatic carbocycles. The summed E-state index contributed by atoms with van der Waals surface area (Å²) in [4.78, 5) is 27.2. The topological polar surface area (TPSA) is 83.5 Å². The van der Waals surface area contributed by atoms with Gasteiger partial charge < -0.3 is 28.6 Å². The molecule has 2 rings (SSSR count). The zero-order valence-electron chi connectivity index (χ0n) is 19.3. The van der Waals surface area contributed by atoms with Gasteiger partial charge in [-0.15, -0.1) is 0 Å². The SMILES string of the molecule is CC(CC(C)C(=O)N1CCOCCOCCOCCOCC1)C(=O)OCc1ccccc1. The lowest BCUT2D eigenvalue weighted by Crippen LogP contribution is -2.40. The third kappa shape index (κ3) is 10.5. The molecule has 32 heavy (non-hydrogen) atoms. The van der Waals surface area contributed by atoms with Gasteiger partial charge in [0, 0.05) is 19.0 Å². The summed E-state index contributed by atoms with van der Waals surface area (Å²) in [5, 5.41) is 0. The van der Waals surface area contributed by atoms with Gasteiger partial charge in [-0.2, -0.15) is 0 Å². The lowest BCUT2D eigenvalue weighted by Gasteiger charge is -2.26. The van der Waals surface area contributed by atoms with Crippen LogP contribution in [-0.2, 0) is 39.9 Å².